The first-order valence-corrected chi connectivity index (χ1v) is 16.5. The van der Waals surface area contributed by atoms with Gasteiger partial charge in [0.2, 0.25) is 6.33 Å². The number of nitrogens with zero attached hydrogens (tertiary/aromatic N) is 2. The van der Waals surface area contributed by atoms with Crippen molar-refractivity contribution in [1.82, 2.24) is 4.57 Å². The topological polar surface area (TPSA) is 8.81 Å². The van der Waals surface area contributed by atoms with Crippen molar-refractivity contribution in [3.05, 3.63) is 30.6 Å². The van der Waals surface area contributed by atoms with Crippen LogP contribution in [0.25, 0.3) is 11.0 Å². The summed E-state index contributed by atoms with van der Waals surface area (Å²) in [6, 6.07) is 11.7. The third kappa shape index (κ3) is 5.92. The van der Waals surface area contributed by atoms with E-state index < -0.39 is 16.1 Å². The number of hydrogen-bond acceptors (Lipinski definition) is 0. The molecule has 23 heavy (non-hydrogen) atoms. The standard InChI is InChI=1S/C19H35N2Si2/c1-22(2,3)15-9-13-20-17-21(14-10-16-23(4,5)6)19-12-8-7-11-18(19)20/h7-8,11-12,17H,9-10,13-16H2,1-6H3/q+1. The van der Waals surface area contributed by atoms with Crippen LogP contribution in [0.5, 0.6) is 0 Å². The molecular weight excluding hydrogens is 312 g/mol. The van der Waals surface area contributed by atoms with Gasteiger partial charge >= 0.3 is 0 Å². The predicted octanol–water partition coefficient (Wildman–Crippen LogP) is 5.39. The Balaban J connectivity index is 2.09. The van der Waals surface area contributed by atoms with E-state index >= 15 is 0 Å². The molecule has 4 heteroatoms. The van der Waals surface area contributed by atoms with Crippen LogP contribution in [0.1, 0.15) is 12.8 Å². The Labute approximate surface area is 144 Å². The lowest BCUT2D eigenvalue weighted by Crippen LogP contribution is -2.33. The fourth-order valence-electron chi connectivity index (χ4n) is 3.16. The molecule has 1 aromatic carbocycles. The third-order valence-electron chi connectivity index (χ3n) is 4.43. The Bertz CT molecular complexity index is 579. The molecule has 1 heterocycles. The van der Waals surface area contributed by atoms with Gasteiger partial charge in [0.1, 0.15) is 0 Å². The van der Waals surface area contributed by atoms with E-state index in [-0.39, 0.29) is 0 Å². The molecule has 0 amide bonds. The summed E-state index contributed by atoms with van der Waals surface area (Å²) in [5.41, 5.74) is 2.80. The van der Waals surface area contributed by atoms with Crippen LogP contribution in [0.15, 0.2) is 30.6 Å². The maximum Gasteiger partial charge on any atom is 0.244 e. The van der Waals surface area contributed by atoms with Gasteiger partial charge in [-0.2, -0.15) is 0 Å². The Hall–Kier alpha value is -0.876. The number of fused-ring (bicyclic) bond motifs is 1. The maximum atomic E-state index is 2.48. The van der Waals surface area contributed by atoms with E-state index in [1.807, 2.05) is 0 Å². The number of benzene rings is 1. The van der Waals surface area contributed by atoms with Crippen LogP contribution in [0.4, 0.5) is 0 Å². The minimum atomic E-state index is -0.929. The molecule has 2 aromatic rings. The van der Waals surface area contributed by atoms with Gasteiger partial charge in [-0.25, -0.2) is 9.13 Å². The molecule has 0 spiro atoms. The molecule has 0 unspecified atom stereocenters. The van der Waals surface area contributed by atoms with Crippen LogP contribution < -0.4 is 4.57 Å². The van der Waals surface area contributed by atoms with Crippen molar-refractivity contribution in [3.63, 3.8) is 0 Å². The SMILES string of the molecule is C[Si](C)(C)CCCn1c[n+](CCC[Si](C)(C)C)c2ccccc21. The van der Waals surface area contributed by atoms with Gasteiger partial charge < -0.3 is 0 Å². The highest BCUT2D eigenvalue weighted by atomic mass is 28.3. The summed E-state index contributed by atoms with van der Waals surface area (Å²) in [4.78, 5) is 0. The van der Waals surface area contributed by atoms with Gasteiger partial charge in [0, 0.05) is 16.1 Å². The lowest BCUT2D eigenvalue weighted by atomic mass is 10.3. The molecule has 2 rings (SSSR count). The second-order valence-corrected chi connectivity index (χ2v) is 20.6. The van der Waals surface area contributed by atoms with E-state index in [0.717, 1.165) is 13.1 Å². The van der Waals surface area contributed by atoms with Crippen molar-refractivity contribution in [3.8, 4) is 0 Å². The van der Waals surface area contributed by atoms with Crippen LogP contribution in [-0.2, 0) is 13.1 Å². The summed E-state index contributed by atoms with van der Waals surface area (Å²) in [5.74, 6) is 0. The van der Waals surface area contributed by atoms with Crippen molar-refractivity contribution < 1.29 is 4.57 Å². The largest absolute Gasteiger partial charge is 0.244 e. The number of aromatic nitrogens is 2. The fourth-order valence-corrected chi connectivity index (χ4v) is 5.60. The second-order valence-electron chi connectivity index (χ2n) is 9.32. The second kappa shape index (κ2) is 7.35. The first-order valence-electron chi connectivity index (χ1n) is 9.13. The highest BCUT2D eigenvalue weighted by Gasteiger charge is 2.18. The third-order valence-corrected chi connectivity index (χ3v) is 8.14. The average molecular weight is 348 g/mol. The zero-order valence-electron chi connectivity index (χ0n) is 16.0. The Morgan fingerprint density at radius 1 is 0.870 bits per heavy atom. The number of imidazole rings is 1. The smallest absolute Gasteiger partial charge is 0.230 e. The molecule has 0 aliphatic rings. The van der Waals surface area contributed by atoms with Crippen LogP contribution in [0, 0.1) is 0 Å². The molecule has 0 bridgehead atoms. The number of rotatable bonds is 8. The molecule has 0 N–H and O–H groups in total. The molecule has 1 aromatic heterocycles. The van der Waals surface area contributed by atoms with Crippen LogP contribution >= 0.6 is 0 Å². The van der Waals surface area contributed by atoms with Gasteiger partial charge in [0.25, 0.3) is 0 Å². The average Bonchev–Trinajstić information content (AvgIpc) is 2.75. The van der Waals surface area contributed by atoms with E-state index in [9.17, 15) is 0 Å². The van der Waals surface area contributed by atoms with Crippen molar-refractivity contribution >= 4 is 27.2 Å². The van der Waals surface area contributed by atoms with Crippen molar-refractivity contribution in [1.29, 1.82) is 0 Å². The summed E-state index contributed by atoms with van der Waals surface area (Å²) in [6.45, 7) is 17.1. The summed E-state index contributed by atoms with van der Waals surface area (Å²) in [6.07, 6.45) is 4.98. The van der Waals surface area contributed by atoms with E-state index in [0.29, 0.717) is 0 Å². The molecule has 0 saturated heterocycles. The van der Waals surface area contributed by atoms with Crippen molar-refractivity contribution in [2.75, 3.05) is 0 Å². The number of aryl methyl sites for hydroxylation is 2. The van der Waals surface area contributed by atoms with E-state index in [1.54, 1.807) is 0 Å². The van der Waals surface area contributed by atoms with Gasteiger partial charge in [-0.15, -0.1) is 0 Å². The van der Waals surface area contributed by atoms with Gasteiger partial charge in [0.15, 0.2) is 11.0 Å². The molecule has 128 valence electrons. The highest BCUT2D eigenvalue weighted by molar-refractivity contribution is 6.76. The van der Waals surface area contributed by atoms with Gasteiger partial charge in [0.05, 0.1) is 13.1 Å². The molecule has 0 saturated carbocycles. The minimum absolute atomic E-state index is 0.929. The lowest BCUT2D eigenvalue weighted by molar-refractivity contribution is -0.672. The van der Waals surface area contributed by atoms with Gasteiger partial charge in [-0.05, 0) is 25.0 Å². The molecule has 0 aliphatic carbocycles. The summed E-state index contributed by atoms with van der Waals surface area (Å²) < 4.78 is 4.95. The quantitative estimate of drug-likeness (QED) is 0.447. The highest BCUT2D eigenvalue weighted by Crippen LogP contribution is 2.16. The van der Waals surface area contributed by atoms with Crippen molar-refractivity contribution in [2.24, 2.45) is 0 Å². The summed E-state index contributed by atoms with van der Waals surface area (Å²) >= 11 is 0. The first-order chi connectivity index (χ1) is 10.7. The zero-order valence-corrected chi connectivity index (χ0v) is 18.0. The van der Waals surface area contributed by atoms with Gasteiger partial charge in [-0.3, -0.25) is 0 Å². The minimum Gasteiger partial charge on any atom is -0.230 e. The monoisotopic (exact) mass is 347 g/mol. The zero-order chi connectivity index (χ0) is 17.1. The molecule has 0 fully saturated rings. The van der Waals surface area contributed by atoms with E-state index in [2.05, 4.69) is 79.0 Å². The summed E-state index contributed by atoms with van der Waals surface area (Å²) in [7, 11) is -1.86. The Kier molecular flexibility index (Phi) is 5.90. The van der Waals surface area contributed by atoms with Crippen LogP contribution in [0.2, 0.25) is 51.4 Å². The lowest BCUT2D eigenvalue weighted by Gasteiger charge is -2.14. The van der Waals surface area contributed by atoms with E-state index in [1.165, 1.54) is 36.0 Å². The van der Waals surface area contributed by atoms with Gasteiger partial charge in [-0.1, -0.05) is 63.5 Å². The normalized spacial score (nSPS) is 13.0. The molecule has 0 radical (unpaired) electrons. The molecule has 0 aliphatic heterocycles. The molecule has 2 nitrogen and oxygen atoms in total. The maximum absolute atomic E-state index is 2.48. The molecular formula is C19H35N2Si2+. The fraction of sp³-hybridized carbons (Fsp3) is 0.632. The van der Waals surface area contributed by atoms with E-state index in [4.69, 9.17) is 0 Å². The number of hydrogen-bond donors (Lipinski definition) is 0. The predicted molar refractivity (Wildman–Crippen MR) is 108 cm³/mol. The summed E-state index contributed by atoms with van der Waals surface area (Å²) in [5, 5.41) is 0. The van der Waals surface area contributed by atoms with Crippen molar-refractivity contribution in [2.45, 2.75) is 77.3 Å². The van der Waals surface area contributed by atoms with Crippen LogP contribution in [-0.4, -0.2) is 20.7 Å². The Morgan fingerprint density at radius 3 is 2.13 bits per heavy atom. The first kappa shape index (κ1) is 18.5. The number of para-hydroxylation sites is 2. The molecule has 0 atom stereocenters. The Morgan fingerprint density at radius 2 is 1.48 bits per heavy atom. The van der Waals surface area contributed by atoms with Crippen LogP contribution in [0.3, 0.4) is 0 Å².